The molecule has 2 aliphatic rings. The van der Waals surface area contributed by atoms with Gasteiger partial charge in [-0.2, -0.15) is 8.42 Å². The zero-order valence-corrected chi connectivity index (χ0v) is 22.6. The monoisotopic (exact) mass is 536 g/mol. The van der Waals surface area contributed by atoms with Crippen LogP contribution in [0.25, 0.3) is 0 Å². The van der Waals surface area contributed by atoms with Gasteiger partial charge in [0.15, 0.2) is 5.03 Å². The first kappa shape index (κ1) is 25.8. The molecule has 0 bridgehead atoms. The summed E-state index contributed by atoms with van der Waals surface area (Å²) in [5.41, 5.74) is 0.0174. The van der Waals surface area contributed by atoms with Crippen molar-refractivity contribution in [2.24, 2.45) is 5.92 Å². The van der Waals surface area contributed by atoms with E-state index in [0.29, 0.717) is 43.7 Å². The Morgan fingerprint density at radius 1 is 0.974 bits per heavy atom. The maximum absolute atomic E-state index is 13.2. The number of piperazine rings is 1. The first-order chi connectivity index (χ1) is 18.1. The van der Waals surface area contributed by atoms with Crippen LogP contribution >= 0.6 is 0 Å². The number of rotatable bonds is 6. The van der Waals surface area contributed by atoms with E-state index in [1.807, 2.05) is 4.90 Å². The standard InChI is InChI=1S/C26H32N8O3S/c1-19-16-26(2,3)34(18-19)24-20(6-5-9-29-24)25(35)31-38(36,37)23-8-4-7-21(30-23)32-12-14-33(15-13-32)22-17-27-10-11-28-22/h4-11,17,19H,12-16,18H2,1-3H3,(H,31,35). The predicted octanol–water partition coefficient (Wildman–Crippen LogP) is 2.34. The fourth-order valence-electron chi connectivity index (χ4n) is 5.33. The smallest absolute Gasteiger partial charge is 0.281 e. The zero-order valence-electron chi connectivity index (χ0n) is 21.8. The van der Waals surface area contributed by atoms with Crippen LogP contribution in [0.3, 0.4) is 0 Å². The van der Waals surface area contributed by atoms with Crippen molar-refractivity contribution in [2.45, 2.75) is 37.8 Å². The molecule has 0 spiro atoms. The molecular formula is C26H32N8O3S. The van der Waals surface area contributed by atoms with Gasteiger partial charge in [0, 0.05) is 56.9 Å². The van der Waals surface area contributed by atoms with E-state index < -0.39 is 15.9 Å². The fraction of sp³-hybridized carbons (Fsp3) is 0.423. The minimum atomic E-state index is -4.21. The number of carbonyl (C=O) groups is 1. The van der Waals surface area contributed by atoms with E-state index in [0.717, 1.165) is 18.8 Å². The maximum Gasteiger partial charge on any atom is 0.281 e. The van der Waals surface area contributed by atoms with Gasteiger partial charge in [0.25, 0.3) is 15.9 Å². The molecule has 38 heavy (non-hydrogen) atoms. The van der Waals surface area contributed by atoms with Crippen LogP contribution in [0, 0.1) is 5.92 Å². The van der Waals surface area contributed by atoms with E-state index >= 15 is 0 Å². The van der Waals surface area contributed by atoms with Crippen molar-refractivity contribution in [1.82, 2.24) is 24.7 Å². The third-order valence-electron chi connectivity index (χ3n) is 7.05. The number of pyridine rings is 2. The molecule has 1 amide bonds. The molecule has 0 saturated carbocycles. The average molecular weight is 537 g/mol. The molecule has 200 valence electrons. The molecule has 0 radical (unpaired) electrons. The van der Waals surface area contributed by atoms with Crippen molar-refractivity contribution in [3.8, 4) is 0 Å². The molecule has 1 atom stereocenters. The highest BCUT2D eigenvalue weighted by Gasteiger charge is 2.39. The lowest BCUT2D eigenvalue weighted by atomic mass is 9.97. The molecule has 0 aromatic carbocycles. The number of amides is 1. The molecule has 11 nitrogen and oxygen atoms in total. The second kappa shape index (κ2) is 10.2. The molecule has 3 aromatic rings. The molecule has 5 rings (SSSR count). The summed E-state index contributed by atoms with van der Waals surface area (Å²) in [6.45, 7) is 9.78. The summed E-state index contributed by atoms with van der Waals surface area (Å²) in [5.74, 6) is 1.53. The molecule has 1 unspecified atom stereocenters. The van der Waals surface area contributed by atoms with Gasteiger partial charge in [0.1, 0.15) is 17.5 Å². The number of sulfonamides is 1. The van der Waals surface area contributed by atoms with E-state index in [4.69, 9.17) is 0 Å². The van der Waals surface area contributed by atoms with Crippen molar-refractivity contribution in [1.29, 1.82) is 0 Å². The second-order valence-electron chi connectivity index (χ2n) is 10.4. The quantitative estimate of drug-likeness (QED) is 0.502. The molecule has 2 fully saturated rings. The number of nitrogens with zero attached hydrogens (tertiary/aromatic N) is 7. The summed E-state index contributed by atoms with van der Waals surface area (Å²) >= 11 is 0. The van der Waals surface area contributed by atoms with Gasteiger partial charge < -0.3 is 14.7 Å². The highest BCUT2D eigenvalue weighted by atomic mass is 32.2. The van der Waals surface area contributed by atoms with Crippen LogP contribution < -0.4 is 19.4 Å². The highest BCUT2D eigenvalue weighted by molar-refractivity contribution is 7.90. The van der Waals surface area contributed by atoms with Gasteiger partial charge in [-0.3, -0.25) is 9.78 Å². The van der Waals surface area contributed by atoms with E-state index in [1.54, 1.807) is 49.1 Å². The van der Waals surface area contributed by atoms with Gasteiger partial charge in [-0.25, -0.2) is 19.7 Å². The van der Waals surface area contributed by atoms with Crippen LogP contribution in [0.2, 0.25) is 0 Å². The Balaban J connectivity index is 1.31. The van der Waals surface area contributed by atoms with Gasteiger partial charge in [0.05, 0.1) is 11.8 Å². The lowest BCUT2D eigenvalue weighted by Crippen LogP contribution is -2.47. The van der Waals surface area contributed by atoms with Crippen LogP contribution in [-0.2, 0) is 10.0 Å². The molecule has 2 aliphatic heterocycles. The minimum Gasteiger partial charge on any atom is -0.353 e. The largest absolute Gasteiger partial charge is 0.353 e. The average Bonchev–Trinajstić information content (AvgIpc) is 3.20. The third kappa shape index (κ3) is 5.26. The first-order valence-electron chi connectivity index (χ1n) is 12.7. The Morgan fingerprint density at radius 3 is 2.37 bits per heavy atom. The number of nitrogens with one attached hydrogen (secondary N) is 1. The van der Waals surface area contributed by atoms with Crippen LogP contribution in [0.15, 0.2) is 60.1 Å². The van der Waals surface area contributed by atoms with Gasteiger partial charge in [-0.1, -0.05) is 13.0 Å². The van der Waals surface area contributed by atoms with Crippen LogP contribution in [0.1, 0.15) is 37.6 Å². The molecule has 3 aromatic heterocycles. The molecular weight excluding hydrogens is 504 g/mol. The molecule has 1 N–H and O–H groups in total. The van der Waals surface area contributed by atoms with Crippen molar-refractivity contribution < 1.29 is 13.2 Å². The summed E-state index contributed by atoms with van der Waals surface area (Å²) in [7, 11) is -4.21. The number of carbonyl (C=O) groups excluding carboxylic acids is 1. The molecule has 2 saturated heterocycles. The van der Waals surface area contributed by atoms with Gasteiger partial charge in [0.2, 0.25) is 0 Å². The number of hydrogen-bond acceptors (Lipinski definition) is 10. The molecule has 12 heteroatoms. The van der Waals surface area contributed by atoms with Crippen molar-refractivity contribution in [3.63, 3.8) is 0 Å². The zero-order chi connectivity index (χ0) is 26.9. The Bertz CT molecular complexity index is 1410. The molecule has 0 aliphatic carbocycles. The lowest BCUT2D eigenvalue weighted by Gasteiger charge is -2.35. The minimum absolute atomic E-state index is 0.200. The number of hydrogen-bond donors (Lipinski definition) is 1. The Kier molecular flexibility index (Phi) is 6.91. The van der Waals surface area contributed by atoms with Gasteiger partial charge in [-0.05, 0) is 50.5 Å². The van der Waals surface area contributed by atoms with E-state index in [9.17, 15) is 13.2 Å². The number of aromatic nitrogens is 4. The maximum atomic E-state index is 13.2. The van der Waals surface area contributed by atoms with Crippen molar-refractivity contribution >= 4 is 33.4 Å². The van der Waals surface area contributed by atoms with E-state index in [1.165, 1.54) is 6.07 Å². The summed E-state index contributed by atoms with van der Waals surface area (Å²) in [6, 6.07) is 8.04. The second-order valence-corrected chi connectivity index (χ2v) is 12.0. The summed E-state index contributed by atoms with van der Waals surface area (Å²) in [6.07, 6.45) is 7.59. The first-order valence-corrected chi connectivity index (χ1v) is 14.2. The van der Waals surface area contributed by atoms with Crippen LogP contribution in [0.4, 0.5) is 17.5 Å². The van der Waals surface area contributed by atoms with E-state index in [2.05, 4.69) is 55.2 Å². The topological polar surface area (TPSA) is 125 Å². The lowest BCUT2D eigenvalue weighted by molar-refractivity contribution is 0.0981. The predicted molar refractivity (Wildman–Crippen MR) is 145 cm³/mol. The SMILES string of the molecule is CC1CN(c2ncccc2C(=O)NS(=O)(=O)c2cccc(N3CCN(c4cnccn4)CC3)n2)C(C)(C)C1. The Labute approximate surface area is 223 Å². The van der Waals surface area contributed by atoms with Crippen molar-refractivity contribution in [3.05, 3.63) is 60.7 Å². The van der Waals surface area contributed by atoms with Crippen molar-refractivity contribution in [2.75, 3.05) is 47.4 Å². The van der Waals surface area contributed by atoms with E-state index in [-0.39, 0.29) is 16.1 Å². The third-order valence-corrected chi connectivity index (χ3v) is 8.28. The Hall–Kier alpha value is -3.80. The highest BCUT2D eigenvalue weighted by Crippen LogP contribution is 2.37. The molecule has 5 heterocycles. The summed E-state index contributed by atoms with van der Waals surface area (Å²) in [4.78, 5) is 36.8. The normalized spacial score (nSPS) is 19.4. The van der Waals surface area contributed by atoms with Crippen LogP contribution in [-0.4, -0.2) is 72.5 Å². The van der Waals surface area contributed by atoms with Gasteiger partial charge >= 0.3 is 0 Å². The summed E-state index contributed by atoms with van der Waals surface area (Å²) in [5, 5.41) is -0.208. The number of anilines is 3. The Morgan fingerprint density at radius 2 is 1.71 bits per heavy atom. The fourth-order valence-corrected chi connectivity index (χ4v) is 6.26. The van der Waals surface area contributed by atoms with Crippen LogP contribution in [0.5, 0.6) is 0 Å². The van der Waals surface area contributed by atoms with Gasteiger partial charge in [-0.15, -0.1) is 0 Å². The summed E-state index contributed by atoms with van der Waals surface area (Å²) < 4.78 is 28.7.